The summed E-state index contributed by atoms with van der Waals surface area (Å²) in [5.41, 5.74) is 4.42. The molecule has 7 nitrogen and oxygen atoms in total. The first-order valence-electron chi connectivity index (χ1n) is 8.44. The number of carbonyl (C=O) groups excluding carboxylic acids is 1. The van der Waals surface area contributed by atoms with Gasteiger partial charge in [-0.2, -0.15) is 0 Å². The molecule has 4 rings (SSSR count). The molecule has 1 amide bonds. The van der Waals surface area contributed by atoms with Crippen LogP contribution in [-0.2, 0) is 17.8 Å². The Balaban J connectivity index is 1.40. The van der Waals surface area contributed by atoms with E-state index in [4.69, 9.17) is 4.74 Å². The fourth-order valence-electron chi connectivity index (χ4n) is 2.96. The smallest absolute Gasteiger partial charge is 0.268 e. The maximum absolute atomic E-state index is 12.5. The van der Waals surface area contributed by atoms with E-state index >= 15 is 0 Å². The summed E-state index contributed by atoms with van der Waals surface area (Å²) in [6.07, 6.45) is 5.07. The third kappa shape index (κ3) is 3.28. The molecule has 0 radical (unpaired) electrons. The first-order valence-corrected chi connectivity index (χ1v) is 8.44. The molecule has 3 aromatic rings. The summed E-state index contributed by atoms with van der Waals surface area (Å²) in [5, 5.41) is 7.02. The number of hydrogen-bond acceptors (Lipinski definition) is 5. The Kier molecular flexibility index (Phi) is 4.12. The van der Waals surface area contributed by atoms with E-state index in [9.17, 15) is 4.79 Å². The van der Waals surface area contributed by atoms with E-state index in [2.05, 4.69) is 33.4 Å². The number of fused-ring (bicyclic) bond motifs is 1. The molecule has 1 aromatic carbocycles. The molecule has 1 aliphatic rings. The summed E-state index contributed by atoms with van der Waals surface area (Å²) in [6, 6.07) is 7.89. The van der Waals surface area contributed by atoms with Gasteiger partial charge < -0.3 is 4.74 Å². The third-order valence-electron chi connectivity index (χ3n) is 4.48. The molecule has 1 unspecified atom stereocenters. The Morgan fingerprint density at radius 2 is 2.19 bits per heavy atom. The number of hydrogen-bond donors (Lipinski definition) is 1. The van der Waals surface area contributed by atoms with Crippen LogP contribution in [0.2, 0.25) is 0 Å². The number of nitrogens with zero attached hydrogens (tertiary/aromatic N) is 4. The van der Waals surface area contributed by atoms with Gasteiger partial charge >= 0.3 is 0 Å². The third-order valence-corrected chi connectivity index (χ3v) is 4.48. The number of aromatic nitrogens is 4. The van der Waals surface area contributed by atoms with E-state index < -0.39 is 6.10 Å². The molecule has 0 aliphatic carbocycles. The van der Waals surface area contributed by atoms with Gasteiger partial charge in [0.2, 0.25) is 5.95 Å². The zero-order chi connectivity index (χ0) is 18.1. The van der Waals surface area contributed by atoms with Gasteiger partial charge in [0.05, 0.1) is 6.54 Å². The number of rotatable bonds is 4. The molecule has 0 saturated heterocycles. The lowest BCUT2D eigenvalue weighted by molar-refractivity contribution is -0.122. The van der Waals surface area contributed by atoms with E-state index in [-0.39, 0.29) is 11.9 Å². The van der Waals surface area contributed by atoms with Crippen molar-refractivity contribution >= 4 is 11.9 Å². The van der Waals surface area contributed by atoms with Crippen molar-refractivity contribution < 1.29 is 9.53 Å². The van der Waals surface area contributed by atoms with Gasteiger partial charge in [-0.25, -0.2) is 9.67 Å². The van der Waals surface area contributed by atoms with Gasteiger partial charge in [-0.15, -0.1) is 5.10 Å². The van der Waals surface area contributed by atoms with Crippen LogP contribution in [0.5, 0.6) is 5.75 Å². The molecule has 26 heavy (non-hydrogen) atoms. The number of carbonyl (C=O) groups is 1. The lowest BCUT2D eigenvalue weighted by atomic mass is 10.0. The number of anilines is 1. The molecule has 7 heteroatoms. The summed E-state index contributed by atoms with van der Waals surface area (Å²) in [4.78, 5) is 20.7. The minimum Gasteiger partial charge on any atom is -0.480 e. The van der Waals surface area contributed by atoms with Crippen LogP contribution in [0.25, 0.3) is 0 Å². The minimum atomic E-state index is -0.559. The first-order chi connectivity index (χ1) is 12.6. The Hall–Kier alpha value is -3.22. The lowest BCUT2D eigenvalue weighted by Crippen LogP contribution is -2.31. The maximum Gasteiger partial charge on any atom is 0.268 e. The van der Waals surface area contributed by atoms with Crippen LogP contribution in [0.1, 0.15) is 22.3 Å². The van der Waals surface area contributed by atoms with Crippen molar-refractivity contribution in [1.29, 1.82) is 0 Å². The number of aryl methyl sites for hydroxylation is 2. The molecule has 1 atom stereocenters. The molecular formula is C19H19N5O2. The normalized spacial score (nSPS) is 15.4. The Labute approximate surface area is 151 Å². The highest BCUT2D eigenvalue weighted by molar-refractivity contribution is 5.93. The summed E-state index contributed by atoms with van der Waals surface area (Å²) in [7, 11) is 0. The van der Waals surface area contributed by atoms with Crippen LogP contribution in [0, 0.1) is 13.8 Å². The van der Waals surface area contributed by atoms with E-state index in [0.717, 1.165) is 22.4 Å². The van der Waals surface area contributed by atoms with E-state index in [1.807, 2.05) is 25.1 Å². The van der Waals surface area contributed by atoms with Crippen LogP contribution in [0.15, 0.2) is 43.0 Å². The molecule has 1 aliphatic heterocycles. The monoisotopic (exact) mass is 349 g/mol. The van der Waals surface area contributed by atoms with Crippen LogP contribution in [0.4, 0.5) is 5.95 Å². The standard InChI is InChI=1S/C19H19N5O2/c1-12-6-15-8-17(26-16(15)7-13(12)2)18(25)22-19-21-11-24(23-19)10-14-4-3-5-20-9-14/h3-7,9,11,17H,8,10H2,1-2H3,(H,22,23,25). The van der Waals surface area contributed by atoms with Crippen molar-refractivity contribution in [3.05, 3.63) is 65.2 Å². The molecule has 3 heterocycles. The van der Waals surface area contributed by atoms with Crippen molar-refractivity contribution in [3.8, 4) is 5.75 Å². The molecule has 2 aromatic heterocycles. The number of benzene rings is 1. The Bertz CT molecular complexity index is 921. The number of pyridine rings is 1. The summed E-state index contributed by atoms with van der Waals surface area (Å²) < 4.78 is 7.45. The van der Waals surface area contributed by atoms with Crippen LogP contribution >= 0.6 is 0 Å². The van der Waals surface area contributed by atoms with Crippen LogP contribution in [0.3, 0.4) is 0 Å². The van der Waals surface area contributed by atoms with Gasteiger partial charge in [0.25, 0.3) is 5.91 Å². The van der Waals surface area contributed by atoms with Crippen molar-refractivity contribution in [2.45, 2.75) is 32.9 Å². The quantitative estimate of drug-likeness (QED) is 0.781. The molecular weight excluding hydrogens is 330 g/mol. The van der Waals surface area contributed by atoms with Crippen molar-refractivity contribution in [2.24, 2.45) is 0 Å². The van der Waals surface area contributed by atoms with Gasteiger partial charge in [0, 0.05) is 18.8 Å². The van der Waals surface area contributed by atoms with Gasteiger partial charge in [-0.1, -0.05) is 12.1 Å². The first kappa shape index (κ1) is 16.3. The van der Waals surface area contributed by atoms with Crippen molar-refractivity contribution in [1.82, 2.24) is 19.7 Å². The fourth-order valence-corrected chi connectivity index (χ4v) is 2.96. The second kappa shape index (κ2) is 6.59. The fraction of sp³-hybridized carbons (Fsp3) is 0.263. The maximum atomic E-state index is 12.5. The van der Waals surface area contributed by atoms with Gasteiger partial charge in [-0.3, -0.25) is 15.1 Å². The molecule has 0 bridgehead atoms. The summed E-state index contributed by atoms with van der Waals surface area (Å²) >= 11 is 0. The largest absolute Gasteiger partial charge is 0.480 e. The number of nitrogens with one attached hydrogen (secondary N) is 1. The summed E-state index contributed by atoms with van der Waals surface area (Å²) in [5.74, 6) is 0.810. The average Bonchev–Trinajstić information content (AvgIpc) is 3.23. The number of ether oxygens (including phenoxy) is 1. The minimum absolute atomic E-state index is 0.240. The van der Waals surface area contributed by atoms with E-state index in [0.29, 0.717) is 13.0 Å². The summed E-state index contributed by atoms with van der Waals surface area (Å²) in [6.45, 7) is 4.63. The Morgan fingerprint density at radius 3 is 3.00 bits per heavy atom. The highest BCUT2D eigenvalue weighted by Gasteiger charge is 2.30. The second-order valence-electron chi connectivity index (χ2n) is 6.47. The van der Waals surface area contributed by atoms with Crippen molar-refractivity contribution in [2.75, 3.05) is 5.32 Å². The zero-order valence-electron chi connectivity index (χ0n) is 14.6. The van der Waals surface area contributed by atoms with Gasteiger partial charge in [0.1, 0.15) is 12.1 Å². The van der Waals surface area contributed by atoms with E-state index in [1.165, 1.54) is 5.56 Å². The lowest BCUT2D eigenvalue weighted by Gasteiger charge is -2.09. The van der Waals surface area contributed by atoms with Crippen LogP contribution in [-0.4, -0.2) is 31.8 Å². The van der Waals surface area contributed by atoms with E-state index in [1.54, 1.807) is 23.4 Å². The molecule has 1 N–H and O–H groups in total. The SMILES string of the molecule is Cc1cc2c(cc1C)OC(C(=O)Nc1ncn(Cc3cccnc3)n1)C2. The predicted molar refractivity (Wildman–Crippen MR) is 96.0 cm³/mol. The molecule has 132 valence electrons. The highest BCUT2D eigenvalue weighted by Crippen LogP contribution is 2.31. The zero-order valence-corrected chi connectivity index (χ0v) is 14.6. The Morgan fingerprint density at radius 1 is 1.35 bits per heavy atom. The second-order valence-corrected chi connectivity index (χ2v) is 6.47. The molecule has 0 fully saturated rings. The van der Waals surface area contributed by atoms with Crippen LogP contribution < -0.4 is 10.1 Å². The van der Waals surface area contributed by atoms with Gasteiger partial charge in [-0.05, 0) is 48.2 Å². The number of amides is 1. The highest BCUT2D eigenvalue weighted by atomic mass is 16.5. The molecule has 0 saturated carbocycles. The predicted octanol–water partition coefficient (Wildman–Crippen LogP) is 2.28. The molecule has 0 spiro atoms. The average molecular weight is 349 g/mol. The van der Waals surface area contributed by atoms with Crippen molar-refractivity contribution in [3.63, 3.8) is 0 Å². The topological polar surface area (TPSA) is 81.9 Å². The van der Waals surface area contributed by atoms with Gasteiger partial charge in [0.15, 0.2) is 6.10 Å².